The van der Waals surface area contributed by atoms with Crippen molar-refractivity contribution in [2.75, 3.05) is 26.3 Å². The molecule has 7 heteroatoms. The Morgan fingerprint density at radius 1 is 1.19 bits per heavy atom. The molecular formula is C25H30ClN3O3. The Bertz CT molecular complexity index is 1010. The average Bonchev–Trinajstić information content (AvgIpc) is 3.28. The molecule has 1 aliphatic heterocycles. The minimum Gasteiger partial charge on any atom is -0.492 e. The number of aryl methyl sites for hydroxylation is 1. The molecule has 2 heterocycles. The number of rotatable bonds is 9. The third kappa shape index (κ3) is 6.25. The molecular weight excluding hydrogens is 426 g/mol. The van der Waals surface area contributed by atoms with Crippen LogP contribution in [0.25, 0.3) is 0 Å². The van der Waals surface area contributed by atoms with Crippen LogP contribution in [-0.4, -0.2) is 51.5 Å². The average molecular weight is 456 g/mol. The molecule has 6 nitrogen and oxygen atoms in total. The number of aliphatic hydroxyl groups is 1. The van der Waals surface area contributed by atoms with Gasteiger partial charge in [-0.15, -0.1) is 0 Å². The molecule has 0 saturated carbocycles. The lowest BCUT2D eigenvalue weighted by molar-refractivity contribution is -0.0621. The van der Waals surface area contributed by atoms with Crippen molar-refractivity contribution in [1.29, 1.82) is 0 Å². The SMILES string of the molecule is Cc1ccc(Cl)c(OC[C@]2(O)CCCN(Cc3cccc(OCCn4ccnc4)c3)C2)c1. The summed E-state index contributed by atoms with van der Waals surface area (Å²) >= 11 is 6.24. The van der Waals surface area contributed by atoms with Crippen molar-refractivity contribution >= 4 is 11.6 Å². The van der Waals surface area contributed by atoms with Crippen LogP contribution < -0.4 is 9.47 Å². The van der Waals surface area contributed by atoms with Gasteiger partial charge in [-0.3, -0.25) is 4.90 Å². The normalized spacial score (nSPS) is 19.1. The molecule has 170 valence electrons. The maximum absolute atomic E-state index is 11.2. The van der Waals surface area contributed by atoms with E-state index in [1.807, 2.05) is 48.0 Å². The zero-order valence-corrected chi connectivity index (χ0v) is 19.2. The molecule has 0 bridgehead atoms. The fourth-order valence-electron chi connectivity index (χ4n) is 4.07. The van der Waals surface area contributed by atoms with Crippen molar-refractivity contribution < 1.29 is 14.6 Å². The van der Waals surface area contributed by atoms with Crippen LogP contribution in [0.2, 0.25) is 5.02 Å². The number of piperidine rings is 1. The second-order valence-corrected chi connectivity index (χ2v) is 8.96. The standard InChI is InChI=1S/C25H30ClN3O3/c1-20-6-7-23(26)24(14-20)32-18-25(30)8-3-10-29(17-25)16-21-4-2-5-22(15-21)31-13-12-28-11-9-27-19-28/h2,4-7,9,11,14-15,19,30H,3,8,10,12-13,16-18H2,1H3/t25-/m0/s1. The number of ether oxygens (including phenoxy) is 2. The molecule has 0 spiro atoms. The molecule has 4 rings (SSSR count). The minimum absolute atomic E-state index is 0.226. The monoisotopic (exact) mass is 455 g/mol. The van der Waals surface area contributed by atoms with E-state index in [1.165, 1.54) is 0 Å². The summed E-state index contributed by atoms with van der Waals surface area (Å²) in [7, 11) is 0. The summed E-state index contributed by atoms with van der Waals surface area (Å²) in [5.74, 6) is 1.48. The van der Waals surface area contributed by atoms with E-state index in [2.05, 4.69) is 22.0 Å². The Labute approximate surface area is 194 Å². The molecule has 1 aromatic heterocycles. The van der Waals surface area contributed by atoms with E-state index in [0.717, 1.165) is 42.9 Å². The van der Waals surface area contributed by atoms with Gasteiger partial charge in [-0.2, -0.15) is 0 Å². The van der Waals surface area contributed by atoms with Gasteiger partial charge in [-0.25, -0.2) is 4.98 Å². The van der Waals surface area contributed by atoms with Gasteiger partial charge in [0.25, 0.3) is 0 Å². The minimum atomic E-state index is -0.899. The Hall–Kier alpha value is -2.54. The molecule has 1 fully saturated rings. The van der Waals surface area contributed by atoms with Crippen LogP contribution in [0.4, 0.5) is 0 Å². The highest BCUT2D eigenvalue weighted by atomic mass is 35.5. The lowest BCUT2D eigenvalue weighted by atomic mass is 9.93. The number of β-amino-alcohol motifs (C(OH)–C–C–N with tert-alkyl or cyclic N) is 1. The third-order valence-electron chi connectivity index (χ3n) is 5.70. The van der Waals surface area contributed by atoms with Crippen molar-refractivity contribution in [3.63, 3.8) is 0 Å². The number of likely N-dealkylation sites (tertiary alicyclic amines) is 1. The van der Waals surface area contributed by atoms with Crippen molar-refractivity contribution in [3.05, 3.63) is 77.3 Å². The molecule has 2 aromatic carbocycles. The van der Waals surface area contributed by atoms with Gasteiger partial charge >= 0.3 is 0 Å². The fourth-order valence-corrected chi connectivity index (χ4v) is 4.24. The fraction of sp³-hybridized carbons (Fsp3) is 0.400. The van der Waals surface area contributed by atoms with Gasteiger partial charge in [-0.1, -0.05) is 29.8 Å². The first-order valence-electron chi connectivity index (χ1n) is 11.0. The number of benzene rings is 2. The molecule has 1 aliphatic rings. The predicted octanol–water partition coefficient (Wildman–Crippen LogP) is 4.33. The lowest BCUT2D eigenvalue weighted by Crippen LogP contribution is -2.51. The molecule has 1 atom stereocenters. The third-order valence-corrected chi connectivity index (χ3v) is 6.01. The van der Waals surface area contributed by atoms with E-state index in [9.17, 15) is 5.11 Å². The van der Waals surface area contributed by atoms with E-state index < -0.39 is 5.60 Å². The van der Waals surface area contributed by atoms with Gasteiger partial charge in [0.2, 0.25) is 0 Å². The smallest absolute Gasteiger partial charge is 0.138 e. The number of aromatic nitrogens is 2. The summed E-state index contributed by atoms with van der Waals surface area (Å²) in [4.78, 5) is 6.32. The van der Waals surface area contributed by atoms with Crippen molar-refractivity contribution in [3.8, 4) is 11.5 Å². The van der Waals surface area contributed by atoms with E-state index in [1.54, 1.807) is 12.5 Å². The number of hydrogen-bond acceptors (Lipinski definition) is 5. The summed E-state index contributed by atoms with van der Waals surface area (Å²) in [5, 5.41) is 11.7. The van der Waals surface area contributed by atoms with Crippen molar-refractivity contribution in [1.82, 2.24) is 14.5 Å². The number of halogens is 1. The van der Waals surface area contributed by atoms with E-state index in [-0.39, 0.29) is 6.61 Å². The maximum Gasteiger partial charge on any atom is 0.138 e. The number of imidazole rings is 1. The Morgan fingerprint density at radius 2 is 2.09 bits per heavy atom. The molecule has 0 unspecified atom stereocenters. The van der Waals surface area contributed by atoms with Crippen molar-refractivity contribution in [2.24, 2.45) is 0 Å². The van der Waals surface area contributed by atoms with Crippen LogP contribution in [0, 0.1) is 6.92 Å². The zero-order valence-electron chi connectivity index (χ0n) is 18.4. The summed E-state index contributed by atoms with van der Waals surface area (Å²) in [6.07, 6.45) is 7.11. The van der Waals surface area contributed by atoms with Gasteiger partial charge in [0.05, 0.1) is 17.9 Å². The van der Waals surface area contributed by atoms with Crippen LogP contribution in [0.15, 0.2) is 61.2 Å². The number of nitrogens with zero attached hydrogens (tertiary/aromatic N) is 3. The van der Waals surface area contributed by atoms with E-state index in [0.29, 0.717) is 30.3 Å². The second kappa shape index (κ2) is 10.4. The van der Waals surface area contributed by atoms with Crippen LogP contribution in [-0.2, 0) is 13.1 Å². The number of hydrogen-bond donors (Lipinski definition) is 1. The molecule has 0 radical (unpaired) electrons. The van der Waals surface area contributed by atoms with Gasteiger partial charge in [0.1, 0.15) is 30.3 Å². The van der Waals surface area contributed by atoms with Crippen molar-refractivity contribution in [2.45, 2.75) is 38.5 Å². The Morgan fingerprint density at radius 3 is 2.94 bits per heavy atom. The van der Waals surface area contributed by atoms with E-state index >= 15 is 0 Å². The van der Waals surface area contributed by atoms with Gasteiger partial charge in [-0.05, 0) is 61.7 Å². The highest BCUT2D eigenvalue weighted by molar-refractivity contribution is 6.32. The second-order valence-electron chi connectivity index (χ2n) is 8.56. The highest BCUT2D eigenvalue weighted by Gasteiger charge is 2.34. The van der Waals surface area contributed by atoms with Gasteiger partial charge < -0.3 is 19.1 Å². The maximum atomic E-state index is 11.2. The van der Waals surface area contributed by atoms with Crippen LogP contribution >= 0.6 is 11.6 Å². The zero-order chi connectivity index (χ0) is 22.4. The molecule has 0 amide bonds. The first-order chi connectivity index (χ1) is 15.5. The van der Waals surface area contributed by atoms with Crippen LogP contribution in [0.1, 0.15) is 24.0 Å². The topological polar surface area (TPSA) is 59.8 Å². The Balaban J connectivity index is 1.30. The molecule has 1 saturated heterocycles. The molecule has 0 aliphatic carbocycles. The van der Waals surface area contributed by atoms with Crippen LogP contribution in [0.3, 0.4) is 0 Å². The van der Waals surface area contributed by atoms with Gasteiger partial charge in [0, 0.05) is 25.5 Å². The largest absolute Gasteiger partial charge is 0.492 e. The molecule has 3 aromatic rings. The van der Waals surface area contributed by atoms with Gasteiger partial charge in [0.15, 0.2) is 0 Å². The summed E-state index contributed by atoms with van der Waals surface area (Å²) in [5.41, 5.74) is 1.34. The quantitative estimate of drug-likeness (QED) is 0.520. The first kappa shape index (κ1) is 22.6. The van der Waals surface area contributed by atoms with E-state index in [4.69, 9.17) is 21.1 Å². The molecule has 32 heavy (non-hydrogen) atoms. The highest BCUT2D eigenvalue weighted by Crippen LogP contribution is 2.29. The summed E-state index contributed by atoms with van der Waals surface area (Å²) in [6.45, 7) is 5.82. The van der Waals surface area contributed by atoms with Crippen LogP contribution in [0.5, 0.6) is 11.5 Å². The molecule has 1 N–H and O–H groups in total. The lowest BCUT2D eigenvalue weighted by Gasteiger charge is -2.39. The first-order valence-corrected chi connectivity index (χ1v) is 11.4. The predicted molar refractivity (Wildman–Crippen MR) is 125 cm³/mol. The summed E-state index contributed by atoms with van der Waals surface area (Å²) in [6, 6.07) is 13.8. The Kier molecular flexibility index (Phi) is 7.35. The summed E-state index contributed by atoms with van der Waals surface area (Å²) < 4.78 is 13.8.